The van der Waals surface area contributed by atoms with E-state index in [4.69, 9.17) is 132 Å². The van der Waals surface area contributed by atoms with Crippen LogP contribution in [0.2, 0.25) is 5.15 Å². The molecule has 130 heavy (non-hydrogen) atoms. The van der Waals surface area contributed by atoms with E-state index in [0.29, 0.717) is 88.7 Å². The zero-order valence-corrected chi connectivity index (χ0v) is 79.2. The van der Waals surface area contributed by atoms with Gasteiger partial charge in [0.2, 0.25) is 0 Å². The highest BCUT2D eigenvalue weighted by Gasteiger charge is 2.53. The number of carbonyl (C=O) groups excluding carboxylic acids is 2. The zero-order chi connectivity index (χ0) is 123. The maximum absolute atomic E-state index is 12.6. The number of aryl methyl sites for hydroxylation is 3. The van der Waals surface area contributed by atoms with E-state index in [-0.39, 0.29) is 63.9 Å². The van der Waals surface area contributed by atoms with Gasteiger partial charge in [0.15, 0.2) is 17.5 Å². The van der Waals surface area contributed by atoms with Crippen molar-refractivity contribution in [3.05, 3.63) is 149 Å². The van der Waals surface area contributed by atoms with Gasteiger partial charge < -0.3 is 79.2 Å². The van der Waals surface area contributed by atoms with Crippen molar-refractivity contribution < 1.29 is 92.9 Å². The fraction of sp³-hybridized carbons (Fsp3) is 0.520. The number of amides is 2. The minimum atomic E-state index is -0.501. The standard InChI is InChI=1S/C32H41N7O3.C27H33N7O.C21H36BN3O4.C17H17ClN4O.CH4.17H2.H/c1-20-19-41-17-16-38(20)28-18-27(34-30(35-28)25-8-7-9-26-24(25)10-13-33-26)29-21(2)36-39(22(29)3)23-11-14-37(15-12-23)31(40)42-32(4,5)6;1-17-16-35-14-13-33(17)25-15-24(26-18(2)32-34(19(26)3)20-7-10-28-11-8-20)30-27(31-25)22-5-4-6-23-21(22)9-12-29-23;1-14-17(22-28-20(6,7)21(8,9)29-22)15(2)25(23-14)16-10-12-24(13-11-16)18(26)27-19(3,4)5;1-11-10-23-8-7-22(11)16-9-15(18)20-17(21-16)13-3-2-4-14-12(13)5-6-19-14;;;;;;;;;;;;;;;;;;;/h7-10,13,18,20,23,33H,11-12,14-17,19H2,1-6H3;4-6,9,12,15,17,20,28-29H,7-8,10-11,13-14,16H2,1-3H3;16H,10-13H2,1-9H3;2-6,9,11,19H,7-8,10H2,1H3;1H4;17*1H;/q;;;;;;;;;;;;;;;;;;;;;;-1/t20-;17-;;11-;;;;;;;;;;;;;;;;;;;/m11.1.................../s1/i;;;;;16*1+1D;2*1+1. The van der Waals surface area contributed by atoms with Gasteiger partial charge in [0.05, 0.1) is 116 Å². The smallest absolute Gasteiger partial charge is 0.498 e. The first-order valence-corrected chi connectivity index (χ1v) is 46.3. The molecule has 0 aliphatic carbocycles. The number of benzene rings is 3. The molecule has 32 heteroatoms. The Hall–Kier alpha value is -10.8. The van der Waals surface area contributed by atoms with Crippen LogP contribution in [0.25, 0.3) is 89.4 Å². The summed E-state index contributed by atoms with van der Waals surface area (Å²) in [5, 5.41) is 22.1. The van der Waals surface area contributed by atoms with E-state index >= 15 is 0 Å². The lowest BCUT2D eigenvalue weighted by Gasteiger charge is -2.34. The molecule has 19 rings (SSSR count). The second kappa shape index (κ2) is 38.9. The second-order valence-corrected chi connectivity index (χ2v) is 38.7. The van der Waals surface area contributed by atoms with E-state index in [1.165, 1.54) is 5.69 Å². The van der Waals surface area contributed by atoms with E-state index in [9.17, 15) is 9.59 Å². The Kier molecular flexibility index (Phi) is 22.4. The van der Waals surface area contributed by atoms with E-state index in [1.807, 2.05) is 108 Å². The number of nitrogens with zero attached hydrogens (tertiary/aromatic N) is 17. The average Bonchev–Trinajstić information content (AvgIpc) is 1.59. The van der Waals surface area contributed by atoms with Crippen LogP contribution < -0.4 is 25.5 Å². The lowest BCUT2D eigenvalue weighted by atomic mass is 9.77. The van der Waals surface area contributed by atoms with Gasteiger partial charge in [-0.1, -0.05) is 55.4 Å². The van der Waals surface area contributed by atoms with E-state index in [1.54, 1.807) is 4.90 Å². The molecule has 2 amide bonds. The van der Waals surface area contributed by atoms with Crippen LogP contribution in [0.4, 0.5) is 27.0 Å². The van der Waals surface area contributed by atoms with Gasteiger partial charge in [0.25, 0.3) is 0 Å². The van der Waals surface area contributed by atoms with Crippen molar-refractivity contribution in [2.24, 2.45) is 0 Å². The molecule has 728 valence electrons. The molecule has 7 aliphatic rings. The number of fused-ring (bicyclic) bond motifs is 3. The summed E-state index contributed by atoms with van der Waals surface area (Å²) in [5.41, 5.74) is 15.7. The predicted molar refractivity (Wildman–Crippen MR) is 552 cm³/mol. The average molecular weight is 1860 g/mol. The fourth-order valence-electron chi connectivity index (χ4n) is 18.8. The number of ether oxygens (including phenoxy) is 5. The number of aromatic amines is 3. The van der Waals surface area contributed by atoms with Crippen molar-refractivity contribution >= 4 is 86.5 Å². The second-order valence-electron chi connectivity index (χ2n) is 38.3. The van der Waals surface area contributed by atoms with Crippen LogP contribution >= 0.6 is 11.6 Å². The Bertz CT molecular complexity index is 6080. The Morgan fingerprint density at radius 2 is 0.823 bits per heavy atom. The number of carbonyl (C=O) groups is 2. The third-order valence-corrected chi connectivity index (χ3v) is 26.4. The molecule has 12 aromatic rings. The Morgan fingerprint density at radius 1 is 0.477 bits per heavy atom. The Morgan fingerprint density at radius 3 is 1.19 bits per heavy atom. The molecule has 3 atom stereocenters. The highest BCUT2D eigenvalue weighted by atomic mass is 35.5. The molecule has 3 aromatic carbocycles. The van der Waals surface area contributed by atoms with Crippen LogP contribution in [0, 0.1) is 41.5 Å². The molecule has 7 saturated heterocycles. The number of hydrogen-bond donors (Lipinski definition) is 4. The van der Waals surface area contributed by atoms with Crippen molar-refractivity contribution in [3.8, 4) is 56.7 Å². The first kappa shape index (κ1) is 74.8. The summed E-state index contributed by atoms with van der Waals surface area (Å²) in [7, 11) is -0.407. The van der Waals surface area contributed by atoms with Crippen LogP contribution in [0.15, 0.2) is 110 Å². The minimum absolute atomic E-state index is 0. The normalized spacial score (nSPS) is 20.5. The Balaban J connectivity index is -0.000000966. The molecule has 0 saturated carbocycles. The molecule has 7 fully saturated rings. The van der Waals surface area contributed by atoms with Gasteiger partial charge in [-0.25, -0.2) is 39.5 Å². The first-order chi connectivity index (χ1) is 77.6. The lowest BCUT2D eigenvalue weighted by Crippen LogP contribution is -2.44. The van der Waals surface area contributed by atoms with Crippen LogP contribution in [-0.2, 0) is 33.0 Å². The van der Waals surface area contributed by atoms with E-state index < -0.39 is 18.3 Å². The highest BCUT2D eigenvalue weighted by molar-refractivity contribution is 6.63. The Labute approximate surface area is 821 Å². The van der Waals surface area contributed by atoms with Crippen LogP contribution in [0.1, 0.15) is 239 Å². The summed E-state index contributed by atoms with van der Waals surface area (Å²) >= 11 is 6.28. The number of aromatic nitrogens is 15. The number of halogens is 1. The van der Waals surface area contributed by atoms with Crippen molar-refractivity contribution in [2.45, 2.75) is 236 Å². The van der Waals surface area contributed by atoms with Gasteiger partial charge in [0.1, 0.15) is 33.8 Å². The lowest BCUT2D eigenvalue weighted by molar-refractivity contribution is 0.00578. The molecule has 7 aliphatic heterocycles. The van der Waals surface area contributed by atoms with Crippen molar-refractivity contribution in [1.82, 2.24) is 89.3 Å². The minimum Gasteiger partial charge on any atom is -1.00 e. The number of rotatable bonds is 12. The topological polar surface area (TPSA) is 305 Å². The molecular weight excluding hydrogens is 1660 g/mol. The maximum Gasteiger partial charge on any atom is 0.498 e. The molecule has 0 radical (unpaired) electrons. The zero-order valence-electron chi connectivity index (χ0n) is 111. The quantitative estimate of drug-likeness (QED) is 0.0652. The van der Waals surface area contributed by atoms with Gasteiger partial charge in [0, 0.05) is 215 Å². The highest BCUT2D eigenvalue weighted by Crippen LogP contribution is 2.42. The number of hydrogen-bond acceptors (Lipinski definition) is 22. The van der Waals surface area contributed by atoms with Gasteiger partial charge in [-0.3, -0.25) is 14.0 Å². The molecule has 0 unspecified atom stereocenters. The number of nitrogens with one attached hydrogen (secondary N) is 4. The van der Waals surface area contributed by atoms with Crippen LogP contribution in [0.5, 0.6) is 0 Å². The molecule has 0 bridgehead atoms. The van der Waals surface area contributed by atoms with Gasteiger partial charge in [-0.05, 0) is 220 Å². The van der Waals surface area contributed by atoms with E-state index in [0.717, 1.165) is 200 Å². The number of anilines is 3. The monoisotopic (exact) mass is 1860 g/mol. The number of likely N-dealkylation sites (tertiary alicyclic amines) is 2. The fourth-order valence-corrected chi connectivity index (χ4v) is 19.0. The molecule has 30 nitrogen and oxygen atoms in total. The summed E-state index contributed by atoms with van der Waals surface area (Å²) in [6, 6.07) is 32.4. The van der Waals surface area contributed by atoms with Crippen molar-refractivity contribution in [1.29, 1.82) is 0 Å². The maximum atomic E-state index is 12.6. The van der Waals surface area contributed by atoms with Crippen molar-refractivity contribution in [3.63, 3.8) is 0 Å². The summed E-state index contributed by atoms with van der Waals surface area (Å²) in [4.78, 5) is 75.0. The number of H-pyrrole nitrogens is 3. The SMILES string of the molecule is C.C[C@@H]1COCCN1c1cc(Cl)nc(-c2cccc3[nH]ccc23)n1.Cc1nn(C2CCN(C(=O)OC(C)(C)C)CC2)c(C)c1-c1cc(N2CCOC[C@H]2C)nc(-c2cccc3[nH]ccc23)n1.Cc1nn(C2CCN(C(=O)OC(C)(C)C)CC2)c(C)c1B1OC(C)(C)C(C)(C)O1.Cc1nn(C2CCNCC2)c(C)c1-c1cc(N2CCOC[C@H]2C)nc(-c2cccc3[nH]ccc23)n1.[2H-].[2HH].[2H][2H].[2H][2H].[2H][2H].[2H][2H].[2H][2H].[2H][2H].[2H][2H].[2H][2H].[2H][2H].[2H][2H].[2H][2H].[2H][2H].[2H][2H].[2H][2H].[2H][2H].[2H][2H]. The third-order valence-electron chi connectivity index (χ3n) is 26.2. The van der Waals surface area contributed by atoms with Gasteiger partial charge in [-0.2, -0.15) is 15.3 Å². The molecule has 16 heterocycles. The largest absolute Gasteiger partial charge is 1.00 e. The number of morpholine rings is 3. The third kappa shape index (κ3) is 20.3. The van der Waals surface area contributed by atoms with Crippen LogP contribution in [0.3, 0.4) is 0 Å². The summed E-state index contributed by atoms with van der Waals surface area (Å²) in [5.74, 6) is 4.79. The summed E-state index contributed by atoms with van der Waals surface area (Å²) in [6.45, 7) is 49.9. The van der Waals surface area contributed by atoms with E-state index in [2.05, 4.69) is 192 Å². The van der Waals surface area contributed by atoms with Crippen LogP contribution in [-0.4, -0.2) is 242 Å². The summed E-state index contributed by atoms with van der Waals surface area (Å²) in [6.07, 6.45) is 10.9. The number of piperidine rings is 3. The molecule has 9 aromatic heterocycles. The molecule has 4 N–H and O–H groups in total. The van der Waals surface area contributed by atoms with Gasteiger partial charge >= 0.3 is 19.3 Å². The summed E-state index contributed by atoms with van der Waals surface area (Å²) < 4.78 is 207. The molecular formula is C98H166BClN21O9-. The molecule has 0 spiro atoms. The van der Waals surface area contributed by atoms with Crippen molar-refractivity contribution in [2.75, 3.05) is 113 Å². The first-order valence-electron chi connectivity index (χ1n) is 61.9. The van der Waals surface area contributed by atoms with Gasteiger partial charge in [-0.15, -0.1) is 0 Å². The predicted octanol–water partition coefficient (Wildman–Crippen LogP) is 22.0.